The molecule has 0 bridgehead atoms. The Balaban J connectivity index is 2.88. The van der Waals surface area contributed by atoms with Crippen LogP contribution in [-0.4, -0.2) is 15.9 Å². The number of nitrogens with two attached hydrogens (primary N) is 1. The van der Waals surface area contributed by atoms with E-state index >= 15 is 0 Å². The molecule has 0 aromatic carbocycles. The van der Waals surface area contributed by atoms with Crippen molar-refractivity contribution in [2.24, 2.45) is 5.73 Å². The normalized spacial score (nSPS) is 12.5. The molecule has 82 valence electrons. The van der Waals surface area contributed by atoms with Crippen molar-refractivity contribution in [2.45, 2.75) is 32.7 Å². The molecule has 0 aliphatic heterocycles. The van der Waals surface area contributed by atoms with E-state index in [0.717, 1.165) is 17.7 Å². The predicted molar refractivity (Wildman–Crippen MR) is 57.6 cm³/mol. The Morgan fingerprint density at radius 1 is 1.67 bits per heavy atom. The van der Waals surface area contributed by atoms with Crippen molar-refractivity contribution in [3.05, 3.63) is 33.6 Å². The van der Waals surface area contributed by atoms with E-state index in [4.69, 9.17) is 5.73 Å². The van der Waals surface area contributed by atoms with Gasteiger partial charge in [-0.25, -0.2) is 0 Å². The van der Waals surface area contributed by atoms with Gasteiger partial charge in [0.1, 0.15) is 6.20 Å². The quantitative estimate of drug-likeness (QED) is 0.602. The molecule has 1 heterocycles. The number of rotatable bonds is 4. The van der Waals surface area contributed by atoms with Crippen LogP contribution in [-0.2, 0) is 6.42 Å². The maximum atomic E-state index is 10.5. The average Bonchev–Trinajstić information content (AvgIpc) is 2.20. The van der Waals surface area contributed by atoms with Gasteiger partial charge < -0.3 is 5.73 Å². The van der Waals surface area contributed by atoms with E-state index in [0.29, 0.717) is 6.42 Å². The fraction of sp³-hybridized carbons (Fsp3) is 0.500. The number of aryl methyl sites for hydroxylation is 1. The maximum absolute atomic E-state index is 10.5. The summed E-state index contributed by atoms with van der Waals surface area (Å²) in [5, 5.41) is 10.5. The summed E-state index contributed by atoms with van der Waals surface area (Å²) in [4.78, 5) is 14.1. The van der Waals surface area contributed by atoms with E-state index in [1.807, 2.05) is 13.8 Å². The van der Waals surface area contributed by atoms with Crippen LogP contribution in [0.5, 0.6) is 0 Å². The Morgan fingerprint density at radius 3 is 2.80 bits per heavy atom. The Morgan fingerprint density at radius 2 is 2.33 bits per heavy atom. The fourth-order valence-corrected chi connectivity index (χ4v) is 1.29. The van der Waals surface area contributed by atoms with Crippen LogP contribution in [0.4, 0.5) is 5.69 Å². The van der Waals surface area contributed by atoms with Gasteiger partial charge in [-0.2, -0.15) is 0 Å². The van der Waals surface area contributed by atoms with Gasteiger partial charge in [0.15, 0.2) is 0 Å². The summed E-state index contributed by atoms with van der Waals surface area (Å²) in [6, 6.07) is 1.60. The standard InChI is InChI=1S/C10H15N3O2/c1-3-8(11)5-10-7(2)4-9(6-12-10)13(14)15/h4,6,8H,3,5,11H2,1-2H3. The van der Waals surface area contributed by atoms with Gasteiger partial charge in [0.05, 0.1) is 4.92 Å². The Bertz CT molecular complexity index is 366. The molecule has 2 N–H and O–H groups in total. The van der Waals surface area contributed by atoms with Gasteiger partial charge in [-0.15, -0.1) is 0 Å². The third-order valence-electron chi connectivity index (χ3n) is 2.36. The second-order valence-electron chi connectivity index (χ2n) is 3.59. The minimum atomic E-state index is -0.441. The van der Waals surface area contributed by atoms with Crippen LogP contribution >= 0.6 is 0 Å². The van der Waals surface area contributed by atoms with Crippen molar-refractivity contribution in [3.8, 4) is 0 Å². The second-order valence-corrected chi connectivity index (χ2v) is 3.59. The number of nitro groups is 1. The van der Waals surface area contributed by atoms with Crippen molar-refractivity contribution in [2.75, 3.05) is 0 Å². The summed E-state index contributed by atoms with van der Waals surface area (Å²) in [6.45, 7) is 3.82. The predicted octanol–water partition coefficient (Wildman–Crippen LogP) is 1.58. The van der Waals surface area contributed by atoms with Crippen LogP contribution in [0.2, 0.25) is 0 Å². The van der Waals surface area contributed by atoms with Crippen LogP contribution in [0, 0.1) is 17.0 Å². The molecule has 0 aliphatic rings. The van der Waals surface area contributed by atoms with E-state index in [-0.39, 0.29) is 11.7 Å². The first-order valence-electron chi connectivity index (χ1n) is 4.90. The lowest BCUT2D eigenvalue weighted by Crippen LogP contribution is -2.22. The van der Waals surface area contributed by atoms with Gasteiger partial charge in [0.25, 0.3) is 5.69 Å². The SMILES string of the molecule is CCC(N)Cc1ncc([N+](=O)[O-])cc1C. The third-order valence-corrected chi connectivity index (χ3v) is 2.36. The molecule has 0 saturated heterocycles. The van der Waals surface area contributed by atoms with E-state index in [2.05, 4.69) is 4.98 Å². The molecule has 0 radical (unpaired) electrons. The number of aromatic nitrogens is 1. The zero-order valence-electron chi connectivity index (χ0n) is 8.93. The maximum Gasteiger partial charge on any atom is 0.287 e. The molecule has 15 heavy (non-hydrogen) atoms. The molecule has 0 aliphatic carbocycles. The van der Waals surface area contributed by atoms with Gasteiger partial charge in [-0.1, -0.05) is 6.92 Å². The summed E-state index contributed by atoms with van der Waals surface area (Å²) < 4.78 is 0. The summed E-state index contributed by atoms with van der Waals surface area (Å²) >= 11 is 0. The molecule has 5 nitrogen and oxygen atoms in total. The molecule has 1 aromatic heterocycles. The topological polar surface area (TPSA) is 82.0 Å². The van der Waals surface area contributed by atoms with Gasteiger partial charge >= 0.3 is 0 Å². The number of pyridine rings is 1. The fourth-order valence-electron chi connectivity index (χ4n) is 1.29. The summed E-state index contributed by atoms with van der Waals surface area (Å²) in [7, 11) is 0. The highest BCUT2D eigenvalue weighted by molar-refractivity contribution is 5.33. The molecule has 1 rings (SSSR count). The Labute approximate surface area is 88.5 Å². The molecule has 0 amide bonds. The molecule has 0 fully saturated rings. The lowest BCUT2D eigenvalue weighted by atomic mass is 10.1. The van der Waals surface area contributed by atoms with E-state index in [1.165, 1.54) is 12.3 Å². The van der Waals surface area contributed by atoms with Crippen LogP contribution in [0.1, 0.15) is 24.6 Å². The van der Waals surface area contributed by atoms with Crippen molar-refractivity contribution in [1.29, 1.82) is 0 Å². The van der Waals surface area contributed by atoms with Gasteiger partial charge in [0.2, 0.25) is 0 Å². The molecule has 0 saturated carbocycles. The van der Waals surface area contributed by atoms with Crippen molar-refractivity contribution in [1.82, 2.24) is 4.98 Å². The van der Waals surface area contributed by atoms with Gasteiger partial charge in [0, 0.05) is 24.2 Å². The monoisotopic (exact) mass is 209 g/mol. The minimum Gasteiger partial charge on any atom is -0.327 e. The highest BCUT2D eigenvalue weighted by Gasteiger charge is 2.11. The van der Waals surface area contributed by atoms with E-state index in [9.17, 15) is 10.1 Å². The third kappa shape index (κ3) is 2.99. The number of nitrogens with zero attached hydrogens (tertiary/aromatic N) is 2. The molecule has 1 atom stereocenters. The molecular weight excluding hydrogens is 194 g/mol. The van der Waals surface area contributed by atoms with E-state index < -0.39 is 4.92 Å². The van der Waals surface area contributed by atoms with Crippen LogP contribution in [0.25, 0.3) is 0 Å². The van der Waals surface area contributed by atoms with Gasteiger partial charge in [-0.3, -0.25) is 15.1 Å². The Kier molecular flexibility index (Phi) is 3.74. The Hall–Kier alpha value is -1.49. The lowest BCUT2D eigenvalue weighted by molar-refractivity contribution is -0.385. The van der Waals surface area contributed by atoms with Crippen LogP contribution in [0.15, 0.2) is 12.3 Å². The van der Waals surface area contributed by atoms with E-state index in [1.54, 1.807) is 0 Å². The second kappa shape index (κ2) is 4.84. The van der Waals surface area contributed by atoms with Crippen LogP contribution in [0.3, 0.4) is 0 Å². The van der Waals surface area contributed by atoms with Gasteiger partial charge in [-0.05, 0) is 18.9 Å². The first kappa shape index (κ1) is 11.6. The highest BCUT2D eigenvalue weighted by Crippen LogP contribution is 2.15. The number of hydrogen-bond donors (Lipinski definition) is 1. The van der Waals surface area contributed by atoms with Crippen molar-refractivity contribution < 1.29 is 4.92 Å². The summed E-state index contributed by atoms with van der Waals surface area (Å²) in [5.74, 6) is 0. The number of hydrogen-bond acceptors (Lipinski definition) is 4. The molecule has 5 heteroatoms. The lowest BCUT2D eigenvalue weighted by Gasteiger charge is -2.09. The van der Waals surface area contributed by atoms with Crippen molar-refractivity contribution in [3.63, 3.8) is 0 Å². The molecule has 0 spiro atoms. The first-order valence-corrected chi connectivity index (χ1v) is 4.90. The highest BCUT2D eigenvalue weighted by atomic mass is 16.6. The van der Waals surface area contributed by atoms with Crippen molar-refractivity contribution >= 4 is 5.69 Å². The zero-order chi connectivity index (χ0) is 11.4. The molecule has 1 aromatic rings. The summed E-state index contributed by atoms with van der Waals surface area (Å²) in [5.41, 5.74) is 7.50. The summed E-state index contributed by atoms with van der Waals surface area (Å²) in [6.07, 6.45) is 2.82. The minimum absolute atomic E-state index is 0.0290. The average molecular weight is 209 g/mol. The van der Waals surface area contributed by atoms with Crippen LogP contribution < -0.4 is 5.73 Å². The molecular formula is C10H15N3O2. The first-order chi connectivity index (χ1) is 7.04. The molecule has 1 unspecified atom stereocenters. The largest absolute Gasteiger partial charge is 0.327 e. The smallest absolute Gasteiger partial charge is 0.287 e. The zero-order valence-corrected chi connectivity index (χ0v) is 8.93.